The van der Waals surface area contributed by atoms with Crippen LogP contribution in [0.2, 0.25) is 0 Å². The predicted octanol–water partition coefficient (Wildman–Crippen LogP) is 2.43. The molecular formula is C15H23NO2. The molecule has 2 rings (SSSR count). The highest BCUT2D eigenvalue weighted by atomic mass is 16.5. The molecule has 2 N–H and O–H groups in total. The van der Waals surface area contributed by atoms with E-state index in [9.17, 15) is 5.11 Å². The number of nitrogens with one attached hydrogen (secondary N) is 1. The van der Waals surface area contributed by atoms with E-state index in [-0.39, 0.29) is 0 Å². The molecule has 1 fully saturated rings. The molecular weight excluding hydrogens is 226 g/mol. The normalized spacial score (nSPS) is 23.8. The molecule has 1 aliphatic rings. The van der Waals surface area contributed by atoms with Gasteiger partial charge in [0, 0.05) is 18.2 Å². The summed E-state index contributed by atoms with van der Waals surface area (Å²) in [4.78, 5) is 0. The summed E-state index contributed by atoms with van der Waals surface area (Å²) >= 11 is 0. The van der Waals surface area contributed by atoms with Gasteiger partial charge in [-0.1, -0.05) is 25.0 Å². The van der Waals surface area contributed by atoms with Crippen LogP contribution < -0.4 is 10.1 Å². The van der Waals surface area contributed by atoms with Crippen LogP contribution in [0.1, 0.15) is 37.0 Å². The summed E-state index contributed by atoms with van der Waals surface area (Å²) in [5.74, 6) is 1.56. The van der Waals surface area contributed by atoms with Gasteiger partial charge in [0.15, 0.2) is 0 Å². The zero-order valence-corrected chi connectivity index (χ0v) is 11.4. The first-order valence-corrected chi connectivity index (χ1v) is 6.71. The van der Waals surface area contributed by atoms with Gasteiger partial charge in [0.2, 0.25) is 0 Å². The van der Waals surface area contributed by atoms with E-state index >= 15 is 0 Å². The van der Waals surface area contributed by atoms with Crippen molar-refractivity contribution in [2.75, 3.05) is 13.7 Å². The second-order valence-corrected chi connectivity index (χ2v) is 5.18. The number of aliphatic hydroxyl groups excluding tert-OH is 1. The molecule has 0 spiro atoms. The second-order valence-electron chi connectivity index (χ2n) is 5.18. The molecule has 0 amide bonds. The zero-order valence-electron chi connectivity index (χ0n) is 11.4. The number of hydrogen-bond donors (Lipinski definition) is 2. The molecule has 0 aromatic heterocycles. The molecule has 3 unspecified atom stereocenters. The van der Waals surface area contributed by atoms with E-state index in [4.69, 9.17) is 4.74 Å². The Kier molecular flexibility index (Phi) is 4.25. The molecule has 1 aromatic carbocycles. The van der Waals surface area contributed by atoms with Gasteiger partial charge in [-0.25, -0.2) is 0 Å². The van der Waals surface area contributed by atoms with Gasteiger partial charge in [-0.05, 0) is 31.4 Å². The third-order valence-electron chi connectivity index (χ3n) is 3.76. The quantitative estimate of drug-likeness (QED) is 0.813. The molecule has 100 valence electrons. The smallest absolute Gasteiger partial charge is 0.124 e. The van der Waals surface area contributed by atoms with E-state index in [2.05, 4.69) is 12.2 Å². The van der Waals surface area contributed by atoms with Crippen LogP contribution in [-0.2, 0) is 0 Å². The first-order valence-electron chi connectivity index (χ1n) is 6.71. The average molecular weight is 249 g/mol. The molecule has 0 bridgehead atoms. The number of benzene rings is 1. The van der Waals surface area contributed by atoms with Crippen molar-refractivity contribution < 1.29 is 9.84 Å². The maximum absolute atomic E-state index is 10.3. The first kappa shape index (κ1) is 13.4. The lowest BCUT2D eigenvalue weighted by atomic mass is 10.1. The Balaban J connectivity index is 1.95. The molecule has 1 saturated carbocycles. The monoisotopic (exact) mass is 249 g/mol. The number of methoxy groups -OCH3 is 1. The van der Waals surface area contributed by atoms with Crippen LogP contribution in [0.15, 0.2) is 18.2 Å². The maximum Gasteiger partial charge on any atom is 0.124 e. The largest absolute Gasteiger partial charge is 0.496 e. The SMILES string of the molecule is CCC1CC1NCC(O)c1cc(C)ccc1OC. The Labute approximate surface area is 109 Å². The minimum absolute atomic E-state index is 0.502. The Morgan fingerprint density at radius 1 is 1.50 bits per heavy atom. The van der Waals surface area contributed by atoms with Gasteiger partial charge in [0.1, 0.15) is 5.75 Å². The Morgan fingerprint density at radius 3 is 2.89 bits per heavy atom. The van der Waals surface area contributed by atoms with E-state index < -0.39 is 6.10 Å². The van der Waals surface area contributed by atoms with Crippen LogP contribution in [-0.4, -0.2) is 24.8 Å². The molecule has 1 aliphatic carbocycles. The van der Waals surface area contributed by atoms with Gasteiger partial charge in [-0.15, -0.1) is 0 Å². The van der Waals surface area contributed by atoms with Crippen molar-refractivity contribution in [1.82, 2.24) is 5.32 Å². The second kappa shape index (κ2) is 5.72. The van der Waals surface area contributed by atoms with Crippen molar-refractivity contribution in [3.05, 3.63) is 29.3 Å². The maximum atomic E-state index is 10.3. The summed E-state index contributed by atoms with van der Waals surface area (Å²) in [7, 11) is 1.64. The minimum Gasteiger partial charge on any atom is -0.496 e. The summed E-state index contributed by atoms with van der Waals surface area (Å²) < 4.78 is 5.30. The number of rotatable bonds is 6. The van der Waals surface area contributed by atoms with Gasteiger partial charge in [-0.2, -0.15) is 0 Å². The average Bonchev–Trinajstić information content (AvgIpc) is 3.14. The van der Waals surface area contributed by atoms with Gasteiger partial charge in [0.25, 0.3) is 0 Å². The van der Waals surface area contributed by atoms with E-state index in [1.54, 1.807) is 7.11 Å². The van der Waals surface area contributed by atoms with Crippen molar-refractivity contribution in [2.45, 2.75) is 38.8 Å². The van der Waals surface area contributed by atoms with Crippen LogP contribution in [0.4, 0.5) is 0 Å². The number of hydrogen-bond acceptors (Lipinski definition) is 3. The Bertz CT molecular complexity index is 405. The third-order valence-corrected chi connectivity index (χ3v) is 3.76. The van der Waals surface area contributed by atoms with E-state index in [0.717, 1.165) is 22.8 Å². The molecule has 0 saturated heterocycles. The molecule has 18 heavy (non-hydrogen) atoms. The van der Waals surface area contributed by atoms with Crippen molar-refractivity contribution in [2.24, 2.45) is 5.92 Å². The van der Waals surface area contributed by atoms with Crippen molar-refractivity contribution in [3.8, 4) is 5.75 Å². The minimum atomic E-state index is -0.502. The summed E-state index contributed by atoms with van der Waals surface area (Å²) in [5.41, 5.74) is 2.02. The molecule has 1 aromatic rings. The van der Waals surface area contributed by atoms with Crippen LogP contribution >= 0.6 is 0 Å². The van der Waals surface area contributed by atoms with Crippen LogP contribution in [0, 0.1) is 12.8 Å². The molecule has 3 heteroatoms. The Hall–Kier alpha value is -1.06. The summed E-state index contributed by atoms with van der Waals surface area (Å²) in [6, 6.07) is 6.51. The van der Waals surface area contributed by atoms with Gasteiger partial charge < -0.3 is 15.2 Å². The lowest BCUT2D eigenvalue weighted by molar-refractivity contribution is 0.169. The number of ether oxygens (including phenoxy) is 1. The van der Waals surface area contributed by atoms with Crippen molar-refractivity contribution in [3.63, 3.8) is 0 Å². The van der Waals surface area contributed by atoms with Crippen LogP contribution in [0.25, 0.3) is 0 Å². The van der Waals surface area contributed by atoms with Gasteiger partial charge >= 0.3 is 0 Å². The summed E-state index contributed by atoms with van der Waals surface area (Å²) in [5, 5.41) is 13.7. The fourth-order valence-electron chi connectivity index (χ4n) is 2.44. The summed E-state index contributed by atoms with van der Waals surface area (Å²) in [6.45, 7) is 4.84. The molecule has 0 aliphatic heterocycles. The fraction of sp³-hybridized carbons (Fsp3) is 0.600. The highest BCUT2D eigenvalue weighted by Gasteiger charge is 2.35. The first-order chi connectivity index (χ1) is 8.65. The van der Waals surface area contributed by atoms with E-state index in [1.165, 1.54) is 12.8 Å². The van der Waals surface area contributed by atoms with E-state index in [0.29, 0.717) is 12.6 Å². The third kappa shape index (κ3) is 3.03. The van der Waals surface area contributed by atoms with Crippen LogP contribution in [0.3, 0.4) is 0 Å². The van der Waals surface area contributed by atoms with E-state index in [1.807, 2.05) is 25.1 Å². The highest BCUT2D eigenvalue weighted by Crippen LogP contribution is 2.34. The highest BCUT2D eigenvalue weighted by molar-refractivity contribution is 5.38. The van der Waals surface area contributed by atoms with Gasteiger partial charge in [-0.3, -0.25) is 0 Å². The lowest BCUT2D eigenvalue weighted by Crippen LogP contribution is -2.25. The molecule has 3 atom stereocenters. The standard InChI is InChI=1S/C15H23NO2/c1-4-11-8-13(11)16-9-14(17)12-7-10(2)5-6-15(12)18-3/h5-7,11,13-14,16-17H,4,8-9H2,1-3H3. The number of aryl methyl sites for hydroxylation is 1. The Morgan fingerprint density at radius 2 is 2.28 bits per heavy atom. The molecule has 0 radical (unpaired) electrons. The molecule has 3 nitrogen and oxygen atoms in total. The fourth-order valence-corrected chi connectivity index (χ4v) is 2.44. The van der Waals surface area contributed by atoms with Gasteiger partial charge in [0.05, 0.1) is 13.2 Å². The summed E-state index contributed by atoms with van der Waals surface area (Å²) in [6.07, 6.45) is 1.97. The molecule has 0 heterocycles. The number of aliphatic hydroxyl groups is 1. The lowest BCUT2D eigenvalue weighted by Gasteiger charge is -2.16. The van der Waals surface area contributed by atoms with Crippen LogP contribution in [0.5, 0.6) is 5.75 Å². The predicted molar refractivity (Wildman–Crippen MR) is 72.9 cm³/mol. The van der Waals surface area contributed by atoms with Crippen molar-refractivity contribution >= 4 is 0 Å². The zero-order chi connectivity index (χ0) is 13.1. The topological polar surface area (TPSA) is 41.5 Å². The van der Waals surface area contributed by atoms with Crippen molar-refractivity contribution in [1.29, 1.82) is 0 Å².